The molecule has 0 aromatic carbocycles. The fourth-order valence-electron chi connectivity index (χ4n) is 2.31. The number of carbonyl (C=O) groups excluding carboxylic acids is 2. The number of hydrogen-bond acceptors (Lipinski definition) is 4. The van der Waals surface area contributed by atoms with E-state index in [-0.39, 0.29) is 17.7 Å². The van der Waals surface area contributed by atoms with Crippen LogP contribution in [0.15, 0.2) is 0 Å². The van der Waals surface area contributed by atoms with E-state index < -0.39 is 6.04 Å². The maximum Gasteiger partial charge on any atom is 0.239 e. The fraction of sp³-hybridized carbons (Fsp3) is 0.846. The van der Waals surface area contributed by atoms with Gasteiger partial charge in [0, 0.05) is 33.1 Å². The van der Waals surface area contributed by atoms with Gasteiger partial charge in [-0.05, 0) is 31.3 Å². The summed E-state index contributed by atoms with van der Waals surface area (Å²) in [4.78, 5) is 27.4. The van der Waals surface area contributed by atoms with Gasteiger partial charge in [0.25, 0.3) is 0 Å². The average molecular weight is 287 g/mol. The Labute approximate surface area is 119 Å². The number of rotatable bonds is 5. The van der Waals surface area contributed by atoms with Gasteiger partial charge in [-0.1, -0.05) is 0 Å². The van der Waals surface area contributed by atoms with Crippen LogP contribution in [-0.2, 0) is 9.59 Å². The molecule has 1 saturated heterocycles. The van der Waals surface area contributed by atoms with Crippen molar-refractivity contribution >= 4 is 23.6 Å². The number of likely N-dealkylation sites (tertiary alicyclic amines) is 1. The fourth-order valence-corrected chi connectivity index (χ4v) is 2.80. The minimum atomic E-state index is -0.395. The first-order valence-corrected chi connectivity index (χ1v) is 8.11. The molecule has 110 valence electrons. The number of thioether (sulfide) groups is 1. The first kappa shape index (κ1) is 16.3. The van der Waals surface area contributed by atoms with Gasteiger partial charge >= 0.3 is 0 Å². The second kappa shape index (κ2) is 7.75. The molecule has 6 heteroatoms. The van der Waals surface area contributed by atoms with E-state index in [1.165, 1.54) is 0 Å². The third-order valence-corrected chi connectivity index (χ3v) is 4.19. The predicted molar refractivity (Wildman–Crippen MR) is 79.0 cm³/mol. The van der Waals surface area contributed by atoms with Gasteiger partial charge in [0.15, 0.2) is 0 Å². The molecule has 2 N–H and O–H groups in total. The minimum Gasteiger partial charge on any atom is -0.349 e. The number of carbonyl (C=O) groups is 2. The highest BCUT2D eigenvalue weighted by atomic mass is 32.2. The summed E-state index contributed by atoms with van der Waals surface area (Å²) in [6.45, 7) is 1.30. The highest BCUT2D eigenvalue weighted by molar-refractivity contribution is 7.98. The van der Waals surface area contributed by atoms with Crippen molar-refractivity contribution in [3.63, 3.8) is 0 Å². The molecule has 0 aromatic rings. The summed E-state index contributed by atoms with van der Waals surface area (Å²) in [6.07, 6.45) is 4.22. The lowest BCUT2D eigenvalue weighted by molar-refractivity contribution is -0.139. The van der Waals surface area contributed by atoms with Gasteiger partial charge in [-0.25, -0.2) is 0 Å². The smallest absolute Gasteiger partial charge is 0.239 e. The van der Waals surface area contributed by atoms with E-state index in [1.54, 1.807) is 30.8 Å². The Bertz CT molecular complexity index is 315. The van der Waals surface area contributed by atoms with Gasteiger partial charge in [0.2, 0.25) is 11.8 Å². The van der Waals surface area contributed by atoms with E-state index in [0.29, 0.717) is 13.1 Å². The molecular weight excluding hydrogens is 262 g/mol. The number of hydrogen-bond donors (Lipinski definition) is 1. The molecule has 0 bridgehead atoms. The molecule has 1 aliphatic rings. The van der Waals surface area contributed by atoms with Crippen LogP contribution in [0, 0.1) is 5.92 Å². The van der Waals surface area contributed by atoms with Gasteiger partial charge in [0.1, 0.15) is 0 Å². The van der Waals surface area contributed by atoms with E-state index >= 15 is 0 Å². The summed E-state index contributed by atoms with van der Waals surface area (Å²) in [6, 6.07) is -0.395. The van der Waals surface area contributed by atoms with Crippen molar-refractivity contribution in [3.05, 3.63) is 0 Å². The summed E-state index contributed by atoms with van der Waals surface area (Å²) in [5, 5.41) is 0. The first-order valence-electron chi connectivity index (χ1n) is 6.71. The topological polar surface area (TPSA) is 66.6 Å². The van der Waals surface area contributed by atoms with Gasteiger partial charge < -0.3 is 15.5 Å². The molecule has 0 radical (unpaired) electrons. The maximum absolute atomic E-state index is 12.1. The van der Waals surface area contributed by atoms with Crippen molar-refractivity contribution < 1.29 is 9.59 Å². The van der Waals surface area contributed by atoms with Crippen molar-refractivity contribution in [2.24, 2.45) is 11.7 Å². The summed E-state index contributed by atoms with van der Waals surface area (Å²) in [5.74, 6) is 1.16. The molecule has 1 rings (SSSR count). The number of amides is 2. The minimum absolute atomic E-state index is 0.0322. The zero-order chi connectivity index (χ0) is 14.4. The summed E-state index contributed by atoms with van der Waals surface area (Å²) >= 11 is 1.70. The summed E-state index contributed by atoms with van der Waals surface area (Å²) in [7, 11) is 3.55. The molecule has 0 spiro atoms. The first-order chi connectivity index (χ1) is 8.97. The SMILES string of the molecule is CSCC[C@@H](N)C(=O)N1CCC(C(=O)N(C)C)CC1. The average Bonchev–Trinajstić information content (AvgIpc) is 2.43. The van der Waals surface area contributed by atoms with Gasteiger partial charge in [-0.2, -0.15) is 11.8 Å². The highest BCUT2D eigenvalue weighted by Gasteiger charge is 2.29. The molecular formula is C13H25N3O2S. The van der Waals surface area contributed by atoms with Gasteiger partial charge in [-0.15, -0.1) is 0 Å². The molecule has 0 unspecified atom stereocenters. The molecule has 0 saturated carbocycles. The van der Waals surface area contributed by atoms with Crippen molar-refractivity contribution in [1.82, 2.24) is 9.80 Å². The molecule has 19 heavy (non-hydrogen) atoms. The Morgan fingerprint density at radius 1 is 1.37 bits per heavy atom. The standard InChI is InChI=1S/C13H25N3O2S/c1-15(2)12(17)10-4-7-16(8-5-10)13(18)11(14)6-9-19-3/h10-11H,4-9,14H2,1-3H3/t11-/m1/s1. The lowest BCUT2D eigenvalue weighted by atomic mass is 9.95. The monoisotopic (exact) mass is 287 g/mol. The highest BCUT2D eigenvalue weighted by Crippen LogP contribution is 2.19. The van der Waals surface area contributed by atoms with E-state index in [0.717, 1.165) is 25.0 Å². The molecule has 1 heterocycles. The Morgan fingerprint density at radius 3 is 2.42 bits per heavy atom. The van der Waals surface area contributed by atoms with Crippen LogP contribution in [0.1, 0.15) is 19.3 Å². The van der Waals surface area contributed by atoms with Crippen molar-refractivity contribution in [2.75, 3.05) is 39.2 Å². The normalized spacial score (nSPS) is 18.2. The van der Waals surface area contributed by atoms with Crippen LogP contribution in [0.4, 0.5) is 0 Å². The van der Waals surface area contributed by atoms with Crippen LogP contribution in [0.5, 0.6) is 0 Å². The summed E-state index contributed by atoms with van der Waals surface area (Å²) < 4.78 is 0. The molecule has 1 fully saturated rings. The Morgan fingerprint density at radius 2 is 1.95 bits per heavy atom. The Kier molecular flexibility index (Phi) is 6.65. The predicted octanol–water partition coefficient (Wildman–Crippen LogP) is 0.394. The van der Waals surface area contributed by atoms with Crippen LogP contribution in [-0.4, -0.2) is 66.8 Å². The van der Waals surface area contributed by atoms with Crippen LogP contribution in [0.2, 0.25) is 0 Å². The quantitative estimate of drug-likeness (QED) is 0.794. The van der Waals surface area contributed by atoms with E-state index in [9.17, 15) is 9.59 Å². The largest absolute Gasteiger partial charge is 0.349 e. The zero-order valence-electron chi connectivity index (χ0n) is 12.1. The third-order valence-electron chi connectivity index (χ3n) is 3.55. The molecule has 5 nitrogen and oxygen atoms in total. The number of nitrogens with two attached hydrogens (primary N) is 1. The lowest BCUT2D eigenvalue weighted by Crippen LogP contribution is -2.49. The molecule has 2 amide bonds. The van der Waals surface area contributed by atoms with E-state index in [2.05, 4.69) is 0 Å². The van der Waals surface area contributed by atoms with Crippen LogP contribution < -0.4 is 5.73 Å². The van der Waals surface area contributed by atoms with Crippen LogP contribution in [0.25, 0.3) is 0 Å². The molecule has 1 aliphatic heterocycles. The molecule has 1 atom stereocenters. The molecule has 0 aromatic heterocycles. The second-order valence-electron chi connectivity index (χ2n) is 5.22. The van der Waals surface area contributed by atoms with Gasteiger partial charge in [-0.3, -0.25) is 9.59 Å². The lowest BCUT2D eigenvalue weighted by Gasteiger charge is -2.33. The van der Waals surface area contributed by atoms with Crippen molar-refractivity contribution in [2.45, 2.75) is 25.3 Å². The summed E-state index contributed by atoms with van der Waals surface area (Å²) in [5.41, 5.74) is 5.90. The van der Waals surface area contributed by atoms with Crippen LogP contribution >= 0.6 is 11.8 Å². The van der Waals surface area contributed by atoms with Gasteiger partial charge in [0.05, 0.1) is 6.04 Å². The van der Waals surface area contributed by atoms with Crippen molar-refractivity contribution in [1.29, 1.82) is 0 Å². The zero-order valence-corrected chi connectivity index (χ0v) is 12.9. The third kappa shape index (κ3) is 4.69. The maximum atomic E-state index is 12.1. The Hall–Kier alpha value is -0.750. The number of piperidine rings is 1. The van der Waals surface area contributed by atoms with Crippen molar-refractivity contribution in [3.8, 4) is 0 Å². The van der Waals surface area contributed by atoms with E-state index in [4.69, 9.17) is 5.73 Å². The second-order valence-corrected chi connectivity index (χ2v) is 6.21. The number of nitrogens with zero attached hydrogens (tertiary/aromatic N) is 2. The van der Waals surface area contributed by atoms with E-state index in [1.807, 2.05) is 11.2 Å². The van der Waals surface area contributed by atoms with Crippen LogP contribution in [0.3, 0.4) is 0 Å². The molecule has 0 aliphatic carbocycles. The Balaban J connectivity index is 2.41.